The van der Waals surface area contributed by atoms with Crippen LogP contribution in [0, 0.1) is 0 Å². The monoisotopic (exact) mass is 202 g/mol. The lowest BCUT2D eigenvalue weighted by Gasteiger charge is -2.29. The van der Waals surface area contributed by atoms with Gasteiger partial charge in [0, 0.05) is 18.4 Å². The number of hydrogen-bond donors (Lipinski definition) is 0. The van der Waals surface area contributed by atoms with E-state index in [4.69, 9.17) is 0 Å². The molecule has 0 aromatic heterocycles. The van der Waals surface area contributed by atoms with Gasteiger partial charge in [-0.1, -0.05) is 0 Å². The molecule has 1 spiro atoms. The third-order valence-corrected chi connectivity index (χ3v) is 3.23. The molecule has 3 aliphatic rings. The molecular weight excluding hydrogens is 193 g/mol. The van der Waals surface area contributed by atoms with Crippen LogP contribution >= 0.6 is 0 Å². The Morgan fingerprint density at radius 1 is 1.29 bits per heavy atom. The molecule has 1 heterocycles. The number of alkyl halides is 2. The van der Waals surface area contributed by atoms with Crippen LogP contribution in [0.4, 0.5) is 13.2 Å². The van der Waals surface area contributed by atoms with Gasteiger partial charge in [0.25, 0.3) is 0 Å². The van der Waals surface area contributed by atoms with E-state index in [-0.39, 0.29) is 11.1 Å². The number of nitrogens with zero attached hydrogens (tertiary/aromatic N) is 2. The third-order valence-electron chi connectivity index (χ3n) is 3.23. The van der Waals surface area contributed by atoms with Gasteiger partial charge in [0.05, 0.1) is 11.6 Å². The van der Waals surface area contributed by atoms with Gasteiger partial charge in [-0.25, -0.2) is 4.39 Å². The van der Waals surface area contributed by atoms with Crippen molar-refractivity contribution in [3.05, 3.63) is 11.4 Å². The van der Waals surface area contributed by atoms with Gasteiger partial charge in [-0.3, -0.25) is 0 Å². The number of hydrogen-bond acceptors (Lipinski definition) is 2. The predicted octanol–water partition coefficient (Wildman–Crippen LogP) is 3.01. The van der Waals surface area contributed by atoms with Crippen molar-refractivity contribution in [3.8, 4) is 0 Å². The first kappa shape index (κ1) is 8.44. The Labute approximate surface area is 78.9 Å². The van der Waals surface area contributed by atoms with Crippen LogP contribution in [0.1, 0.15) is 25.7 Å². The van der Waals surface area contributed by atoms with E-state index in [2.05, 4.69) is 10.2 Å². The van der Waals surface area contributed by atoms with Gasteiger partial charge >= 0.3 is 5.92 Å². The molecule has 0 saturated heterocycles. The van der Waals surface area contributed by atoms with E-state index >= 15 is 0 Å². The fourth-order valence-corrected chi connectivity index (χ4v) is 2.06. The van der Waals surface area contributed by atoms with Crippen LogP contribution in [-0.2, 0) is 0 Å². The highest BCUT2D eigenvalue weighted by Gasteiger charge is 2.55. The van der Waals surface area contributed by atoms with E-state index in [0.717, 1.165) is 12.8 Å². The van der Waals surface area contributed by atoms with Crippen LogP contribution in [0.2, 0.25) is 0 Å². The van der Waals surface area contributed by atoms with Gasteiger partial charge in [0.1, 0.15) is 0 Å². The zero-order valence-corrected chi connectivity index (χ0v) is 7.43. The van der Waals surface area contributed by atoms with Crippen LogP contribution in [0.25, 0.3) is 0 Å². The SMILES string of the molecule is FC1=C(C2CC3(CC3)N=N2)CC1(F)F. The van der Waals surface area contributed by atoms with Crippen molar-refractivity contribution >= 4 is 0 Å². The van der Waals surface area contributed by atoms with Crippen molar-refractivity contribution in [3.63, 3.8) is 0 Å². The van der Waals surface area contributed by atoms with Gasteiger partial charge in [-0.05, 0) is 12.8 Å². The Bertz CT molecular complexity index is 355. The summed E-state index contributed by atoms with van der Waals surface area (Å²) in [5, 5.41) is 7.91. The highest BCUT2D eigenvalue weighted by Crippen LogP contribution is 2.54. The first-order chi connectivity index (χ1) is 6.53. The maximum absolute atomic E-state index is 12.9. The summed E-state index contributed by atoms with van der Waals surface area (Å²) in [6.07, 6.45) is 2.10. The molecule has 2 nitrogen and oxygen atoms in total. The molecule has 1 aliphatic heterocycles. The lowest BCUT2D eigenvalue weighted by atomic mass is 9.85. The van der Waals surface area contributed by atoms with Gasteiger partial charge < -0.3 is 0 Å². The summed E-state index contributed by atoms with van der Waals surface area (Å²) < 4.78 is 38.0. The molecule has 0 radical (unpaired) electrons. The quantitative estimate of drug-likeness (QED) is 0.624. The lowest BCUT2D eigenvalue weighted by Crippen LogP contribution is -2.34. The Kier molecular flexibility index (Phi) is 1.33. The fraction of sp³-hybridized carbons (Fsp3) is 0.778. The van der Waals surface area contributed by atoms with Crippen LogP contribution < -0.4 is 0 Å². The minimum Gasteiger partial charge on any atom is -0.205 e. The summed E-state index contributed by atoms with van der Waals surface area (Å²) in [7, 11) is 0. The summed E-state index contributed by atoms with van der Waals surface area (Å²) in [5.41, 5.74) is 0.0746. The second-order valence-corrected chi connectivity index (χ2v) is 4.38. The van der Waals surface area contributed by atoms with Crippen molar-refractivity contribution in [2.45, 2.75) is 43.2 Å². The molecule has 0 N–H and O–H groups in total. The Hall–Kier alpha value is -0.870. The highest BCUT2D eigenvalue weighted by molar-refractivity contribution is 5.35. The molecule has 0 bridgehead atoms. The number of halogens is 3. The van der Waals surface area contributed by atoms with Crippen LogP contribution in [0.5, 0.6) is 0 Å². The van der Waals surface area contributed by atoms with Crippen molar-refractivity contribution in [2.24, 2.45) is 10.2 Å². The molecule has 5 heteroatoms. The number of allylic oxidation sites excluding steroid dienone is 1. The molecule has 1 unspecified atom stereocenters. The average Bonchev–Trinajstić information content (AvgIpc) is 2.74. The molecule has 0 amide bonds. The molecule has 1 saturated carbocycles. The van der Waals surface area contributed by atoms with Crippen LogP contribution in [0.3, 0.4) is 0 Å². The van der Waals surface area contributed by atoms with Gasteiger partial charge in [0.15, 0.2) is 5.83 Å². The molecule has 76 valence electrons. The fourth-order valence-electron chi connectivity index (χ4n) is 2.06. The molecule has 3 rings (SSSR count). The van der Waals surface area contributed by atoms with Gasteiger partial charge in [-0.15, -0.1) is 0 Å². The van der Waals surface area contributed by atoms with E-state index in [9.17, 15) is 13.2 Å². The molecule has 0 aromatic carbocycles. The molecule has 1 fully saturated rings. The molecule has 2 aliphatic carbocycles. The van der Waals surface area contributed by atoms with Crippen molar-refractivity contribution in [1.82, 2.24) is 0 Å². The summed E-state index contributed by atoms with van der Waals surface area (Å²) in [6.45, 7) is 0. The average molecular weight is 202 g/mol. The largest absolute Gasteiger partial charge is 0.302 e. The zero-order valence-electron chi connectivity index (χ0n) is 7.43. The second kappa shape index (κ2) is 2.20. The summed E-state index contributed by atoms with van der Waals surface area (Å²) in [5.74, 6) is -4.50. The van der Waals surface area contributed by atoms with Crippen molar-refractivity contribution < 1.29 is 13.2 Å². The second-order valence-electron chi connectivity index (χ2n) is 4.38. The summed E-state index contributed by atoms with van der Waals surface area (Å²) in [6, 6.07) is -0.405. The van der Waals surface area contributed by atoms with Gasteiger partial charge in [0.2, 0.25) is 0 Å². The maximum Gasteiger partial charge on any atom is 0.302 e. The Morgan fingerprint density at radius 3 is 2.43 bits per heavy atom. The molecular formula is C9H9F3N2. The van der Waals surface area contributed by atoms with E-state index < -0.39 is 24.2 Å². The summed E-state index contributed by atoms with van der Waals surface area (Å²) in [4.78, 5) is 0. The van der Waals surface area contributed by atoms with E-state index in [1.54, 1.807) is 0 Å². The van der Waals surface area contributed by atoms with Crippen LogP contribution in [-0.4, -0.2) is 17.5 Å². The topological polar surface area (TPSA) is 24.7 Å². The highest BCUT2D eigenvalue weighted by atomic mass is 19.3. The van der Waals surface area contributed by atoms with Crippen molar-refractivity contribution in [1.29, 1.82) is 0 Å². The minimum absolute atomic E-state index is 0.0944. The van der Waals surface area contributed by atoms with Crippen LogP contribution in [0.15, 0.2) is 21.6 Å². The third kappa shape index (κ3) is 0.980. The number of azo groups is 1. The smallest absolute Gasteiger partial charge is 0.205 e. The lowest BCUT2D eigenvalue weighted by molar-refractivity contribution is -0.0124. The first-order valence-corrected chi connectivity index (χ1v) is 4.71. The first-order valence-electron chi connectivity index (χ1n) is 4.71. The Balaban J connectivity index is 1.81. The van der Waals surface area contributed by atoms with E-state index in [1.807, 2.05) is 0 Å². The standard InChI is InChI=1S/C9H9F3N2/c10-7-5(3-9(7,11)12)6-4-8(1-2-8)14-13-6/h6H,1-4H2. The molecule has 0 aromatic rings. The molecule has 1 atom stereocenters. The normalized spacial score (nSPS) is 36.4. The van der Waals surface area contributed by atoms with E-state index in [0.29, 0.717) is 6.42 Å². The Morgan fingerprint density at radius 2 is 2.00 bits per heavy atom. The van der Waals surface area contributed by atoms with Crippen molar-refractivity contribution in [2.75, 3.05) is 0 Å². The predicted molar refractivity (Wildman–Crippen MR) is 42.9 cm³/mol. The van der Waals surface area contributed by atoms with Gasteiger partial charge in [-0.2, -0.15) is 19.0 Å². The zero-order chi connectivity index (χ0) is 9.97. The van der Waals surface area contributed by atoms with E-state index in [1.165, 1.54) is 0 Å². The molecule has 14 heavy (non-hydrogen) atoms. The number of rotatable bonds is 1. The summed E-state index contributed by atoms with van der Waals surface area (Å²) >= 11 is 0. The maximum atomic E-state index is 12.9. The minimum atomic E-state index is -3.23.